The Morgan fingerprint density at radius 1 is 1.33 bits per heavy atom. The quantitative estimate of drug-likeness (QED) is 0.870. The maximum Gasteiger partial charge on any atom is 0.264 e. The van der Waals surface area contributed by atoms with Gasteiger partial charge < -0.3 is 15.6 Å². The zero-order valence-electron chi connectivity index (χ0n) is 12.8. The maximum absolute atomic E-state index is 12.5. The van der Waals surface area contributed by atoms with E-state index in [2.05, 4.69) is 9.97 Å². The summed E-state index contributed by atoms with van der Waals surface area (Å²) in [5, 5.41) is 0.871. The second kappa shape index (κ2) is 6.93. The summed E-state index contributed by atoms with van der Waals surface area (Å²) in [6.07, 6.45) is 2.15. The highest BCUT2D eigenvalue weighted by Gasteiger charge is 2.27. The number of aromatic amines is 1. The number of rotatable bonds is 3. The van der Waals surface area contributed by atoms with Crippen LogP contribution >= 0.6 is 23.2 Å². The molecule has 1 aromatic heterocycles. The van der Waals surface area contributed by atoms with E-state index in [1.807, 2.05) is 0 Å². The summed E-state index contributed by atoms with van der Waals surface area (Å²) in [6, 6.07) is 4.86. The summed E-state index contributed by atoms with van der Waals surface area (Å²) in [5.74, 6) is 0.270. The van der Waals surface area contributed by atoms with Crippen LogP contribution in [0, 0.1) is 5.92 Å². The van der Waals surface area contributed by atoms with Crippen LogP contribution in [0.4, 0.5) is 0 Å². The standard InChI is InChI=1S/C16H16Cl2N4O2/c17-11-3-10(4-12(18)5-11)14-20-7-13(15(23)21-14)16(24)22-2-1-9(6-19)8-22/h3-5,7,9H,1-2,6,8,19H2,(H,20,21,23). The lowest BCUT2D eigenvalue weighted by molar-refractivity contribution is 0.0785. The number of nitrogens with zero attached hydrogens (tertiary/aromatic N) is 2. The molecule has 1 aliphatic heterocycles. The number of H-pyrrole nitrogens is 1. The molecule has 2 heterocycles. The summed E-state index contributed by atoms with van der Waals surface area (Å²) in [4.78, 5) is 33.2. The molecule has 1 fully saturated rings. The van der Waals surface area contributed by atoms with Crippen molar-refractivity contribution in [1.82, 2.24) is 14.9 Å². The second-order valence-corrected chi connectivity index (χ2v) is 6.65. The summed E-state index contributed by atoms with van der Waals surface area (Å²) < 4.78 is 0. The van der Waals surface area contributed by atoms with Crippen LogP contribution in [0.15, 0.2) is 29.2 Å². The Morgan fingerprint density at radius 3 is 2.62 bits per heavy atom. The van der Waals surface area contributed by atoms with Crippen molar-refractivity contribution >= 4 is 29.1 Å². The lowest BCUT2D eigenvalue weighted by Crippen LogP contribution is -2.34. The van der Waals surface area contributed by atoms with E-state index < -0.39 is 5.56 Å². The van der Waals surface area contributed by atoms with Crippen LogP contribution < -0.4 is 11.3 Å². The Kier molecular flexibility index (Phi) is 4.89. The molecule has 6 nitrogen and oxygen atoms in total. The molecule has 0 spiro atoms. The fourth-order valence-electron chi connectivity index (χ4n) is 2.76. The third-order valence-corrected chi connectivity index (χ3v) is 4.51. The molecule has 1 atom stereocenters. The molecule has 1 saturated heterocycles. The monoisotopic (exact) mass is 366 g/mol. The number of aromatic nitrogens is 2. The average Bonchev–Trinajstić information content (AvgIpc) is 3.02. The number of likely N-dealkylation sites (tertiary alicyclic amines) is 1. The predicted octanol–water partition coefficient (Wildman–Crippen LogP) is 2.16. The Morgan fingerprint density at radius 2 is 2.04 bits per heavy atom. The summed E-state index contributed by atoms with van der Waals surface area (Å²) >= 11 is 11.9. The van der Waals surface area contributed by atoms with Gasteiger partial charge in [-0.05, 0) is 37.1 Å². The van der Waals surface area contributed by atoms with Crippen LogP contribution in [-0.4, -0.2) is 40.4 Å². The molecule has 1 amide bonds. The molecule has 1 aromatic carbocycles. The molecule has 3 rings (SSSR count). The van der Waals surface area contributed by atoms with E-state index >= 15 is 0 Å². The predicted molar refractivity (Wildman–Crippen MR) is 93.4 cm³/mol. The van der Waals surface area contributed by atoms with E-state index in [-0.39, 0.29) is 17.4 Å². The van der Waals surface area contributed by atoms with Crippen LogP contribution in [0.3, 0.4) is 0 Å². The van der Waals surface area contributed by atoms with Crippen molar-refractivity contribution < 1.29 is 4.79 Å². The fraction of sp³-hybridized carbons (Fsp3) is 0.312. The van der Waals surface area contributed by atoms with Gasteiger partial charge in [-0.3, -0.25) is 9.59 Å². The summed E-state index contributed by atoms with van der Waals surface area (Å²) in [6.45, 7) is 1.71. The molecular weight excluding hydrogens is 351 g/mol. The molecule has 126 valence electrons. The minimum absolute atomic E-state index is 0.0181. The van der Waals surface area contributed by atoms with Gasteiger partial charge in [-0.2, -0.15) is 0 Å². The van der Waals surface area contributed by atoms with Gasteiger partial charge in [0, 0.05) is 34.9 Å². The second-order valence-electron chi connectivity index (χ2n) is 5.77. The third-order valence-electron chi connectivity index (χ3n) is 4.07. The van der Waals surface area contributed by atoms with Gasteiger partial charge in [0.15, 0.2) is 0 Å². The van der Waals surface area contributed by atoms with Gasteiger partial charge >= 0.3 is 0 Å². The molecule has 1 aliphatic rings. The van der Waals surface area contributed by atoms with E-state index in [0.29, 0.717) is 41.1 Å². The van der Waals surface area contributed by atoms with Crippen molar-refractivity contribution in [2.24, 2.45) is 11.7 Å². The van der Waals surface area contributed by atoms with Gasteiger partial charge in [-0.1, -0.05) is 23.2 Å². The normalized spacial score (nSPS) is 17.3. The zero-order valence-corrected chi connectivity index (χ0v) is 14.3. The molecule has 2 aromatic rings. The minimum atomic E-state index is -0.489. The van der Waals surface area contributed by atoms with Crippen LogP contribution in [0.2, 0.25) is 10.0 Å². The Labute approximate surface area is 148 Å². The van der Waals surface area contributed by atoms with Gasteiger partial charge in [-0.25, -0.2) is 4.98 Å². The molecule has 1 unspecified atom stereocenters. The molecule has 0 aliphatic carbocycles. The molecule has 0 saturated carbocycles. The smallest absolute Gasteiger partial charge is 0.264 e. The molecule has 0 radical (unpaired) electrons. The molecule has 3 N–H and O–H groups in total. The van der Waals surface area contributed by atoms with Crippen molar-refractivity contribution in [1.29, 1.82) is 0 Å². The van der Waals surface area contributed by atoms with Gasteiger partial charge in [-0.15, -0.1) is 0 Å². The highest BCUT2D eigenvalue weighted by Crippen LogP contribution is 2.24. The number of carbonyl (C=O) groups excluding carboxylic acids is 1. The van der Waals surface area contributed by atoms with Crippen LogP contribution in [0.5, 0.6) is 0 Å². The Balaban J connectivity index is 1.87. The highest BCUT2D eigenvalue weighted by atomic mass is 35.5. The SMILES string of the molecule is NCC1CCN(C(=O)c2cnc(-c3cc(Cl)cc(Cl)c3)[nH]c2=O)C1. The molecule has 0 bridgehead atoms. The lowest BCUT2D eigenvalue weighted by atomic mass is 10.1. The Bertz CT molecular complexity index is 817. The Hall–Kier alpha value is -1.89. The van der Waals surface area contributed by atoms with E-state index in [0.717, 1.165) is 6.42 Å². The van der Waals surface area contributed by atoms with Crippen molar-refractivity contribution in [2.45, 2.75) is 6.42 Å². The number of benzene rings is 1. The number of nitrogens with one attached hydrogen (secondary N) is 1. The maximum atomic E-state index is 12.5. The highest BCUT2D eigenvalue weighted by molar-refractivity contribution is 6.35. The summed E-state index contributed by atoms with van der Waals surface area (Å²) in [7, 11) is 0. The molecule has 24 heavy (non-hydrogen) atoms. The van der Waals surface area contributed by atoms with Crippen molar-refractivity contribution in [2.75, 3.05) is 19.6 Å². The first-order valence-corrected chi connectivity index (χ1v) is 8.28. The van der Waals surface area contributed by atoms with E-state index in [4.69, 9.17) is 28.9 Å². The minimum Gasteiger partial charge on any atom is -0.338 e. The van der Waals surface area contributed by atoms with Gasteiger partial charge in [0.05, 0.1) is 0 Å². The van der Waals surface area contributed by atoms with Crippen molar-refractivity contribution in [3.05, 3.63) is 50.4 Å². The number of halogens is 2. The van der Waals surface area contributed by atoms with E-state index in [1.165, 1.54) is 6.20 Å². The number of nitrogens with two attached hydrogens (primary N) is 1. The topological polar surface area (TPSA) is 92.1 Å². The number of amides is 1. The van der Waals surface area contributed by atoms with E-state index in [1.54, 1.807) is 23.1 Å². The first-order valence-electron chi connectivity index (χ1n) is 7.53. The van der Waals surface area contributed by atoms with Crippen molar-refractivity contribution in [3.63, 3.8) is 0 Å². The van der Waals surface area contributed by atoms with Gasteiger partial charge in [0.25, 0.3) is 11.5 Å². The van der Waals surface area contributed by atoms with Crippen LogP contribution in [0.1, 0.15) is 16.8 Å². The third kappa shape index (κ3) is 3.45. The van der Waals surface area contributed by atoms with Gasteiger partial charge in [0.1, 0.15) is 11.4 Å². The molecular formula is C16H16Cl2N4O2. The first kappa shape index (κ1) is 17.0. The first-order chi connectivity index (χ1) is 11.5. The molecule has 8 heteroatoms. The van der Waals surface area contributed by atoms with E-state index in [9.17, 15) is 9.59 Å². The largest absolute Gasteiger partial charge is 0.338 e. The zero-order chi connectivity index (χ0) is 17.3. The van der Waals surface area contributed by atoms with Crippen LogP contribution in [-0.2, 0) is 0 Å². The lowest BCUT2D eigenvalue weighted by Gasteiger charge is -2.15. The number of carbonyl (C=O) groups is 1. The fourth-order valence-corrected chi connectivity index (χ4v) is 3.29. The average molecular weight is 367 g/mol. The number of hydrogen-bond donors (Lipinski definition) is 2. The number of hydrogen-bond acceptors (Lipinski definition) is 4. The van der Waals surface area contributed by atoms with Gasteiger partial charge in [0.2, 0.25) is 0 Å². The van der Waals surface area contributed by atoms with Crippen molar-refractivity contribution in [3.8, 4) is 11.4 Å². The summed E-state index contributed by atoms with van der Waals surface area (Å²) in [5.41, 5.74) is 5.74. The van der Waals surface area contributed by atoms with Crippen LogP contribution in [0.25, 0.3) is 11.4 Å².